The van der Waals surface area contributed by atoms with E-state index in [9.17, 15) is 5.11 Å². The van der Waals surface area contributed by atoms with Crippen LogP contribution in [0.5, 0.6) is 0 Å². The highest BCUT2D eigenvalue weighted by molar-refractivity contribution is 7.80. The lowest BCUT2D eigenvalue weighted by atomic mass is 9.80. The van der Waals surface area contributed by atoms with Crippen molar-refractivity contribution in [1.29, 1.82) is 0 Å². The molecule has 1 aliphatic heterocycles. The molecule has 2 nitrogen and oxygen atoms in total. The van der Waals surface area contributed by atoms with Crippen LogP contribution in [0.15, 0.2) is 0 Å². The highest BCUT2D eigenvalue weighted by Gasteiger charge is 2.36. The number of nitrogens with zero attached hydrogens (tertiary/aromatic N) is 1. The van der Waals surface area contributed by atoms with Crippen molar-refractivity contribution >= 4 is 12.6 Å². The molecule has 1 aliphatic rings. The molecule has 0 aliphatic carbocycles. The van der Waals surface area contributed by atoms with Gasteiger partial charge in [-0.15, -0.1) is 0 Å². The predicted octanol–water partition coefficient (Wildman–Crippen LogP) is 2.96. The van der Waals surface area contributed by atoms with Crippen molar-refractivity contribution in [3.63, 3.8) is 0 Å². The van der Waals surface area contributed by atoms with E-state index in [2.05, 4.69) is 31.4 Å². The zero-order valence-corrected chi connectivity index (χ0v) is 12.6. The van der Waals surface area contributed by atoms with Crippen LogP contribution in [0.4, 0.5) is 0 Å². The molecule has 1 N–H and O–H groups in total. The molecule has 102 valence electrons. The van der Waals surface area contributed by atoms with Crippen molar-refractivity contribution < 1.29 is 5.11 Å². The van der Waals surface area contributed by atoms with E-state index >= 15 is 0 Å². The lowest BCUT2D eigenvalue weighted by molar-refractivity contribution is 0.0605. The minimum Gasteiger partial charge on any atom is -0.389 e. The molecule has 1 saturated heterocycles. The van der Waals surface area contributed by atoms with Crippen LogP contribution < -0.4 is 0 Å². The molecule has 0 spiro atoms. The van der Waals surface area contributed by atoms with Gasteiger partial charge in [-0.3, -0.25) is 4.90 Å². The van der Waals surface area contributed by atoms with Crippen LogP contribution in [-0.2, 0) is 0 Å². The Morgan fingerprint density at radius 2 is 1.88 bits per heavy atom. The quantitative estimate of drug-likeness (QED) is 0.687. The fourth-order valence-corrected chi connectivity index (χ4v) is 3.62. The van der Waals surface area contributed by atoms with Crippen molar-refractivity contribution in [3.05, 3.63) is 0 Å². The number of β-amino-alcohol motifs (C(OH)–C–C–N with tert-alkyl or cyclic N) is 1. The lowest BCUT2D eigenvalue weighted by Crippen LogP contribution is -2.40. The van der Waals surface area contributed by atoms with Gasteiger partial charge >= 0.3 is 0 Å². The van der Waals surface area contributed by atoms with Gasteiger partial charge in [0.2, 0.25) is 0 Å². The number of thiol groups is 1. The standard InChI is InChI=1S/C14H29NOS/c1-4-6-14(12-17,7-5-2)11-15-9-8-13(3,16)10-15/h16-17H,4-12H2,1-3H3. The fourth-order valence-electron chi connectivity index (χ4n) is 3.20. The zero-order valence-electron chi connectivity index (χ0n) is 11.7. The second kappa shape index (κ2) is 6.44. The normalized spacial score (nSPS) is 26.6. The van der Waals surface area contributed by atoms with Crippen LogP contribution in [0, 0.1) is 5.41 Å². The van der Waals surface area contributed by atoms with E-state index in [1.165, 1.54) is 25.7 Å². The van der Waals surface area contributed by atoms with Gasteiger partial charge in [-0.2, -0.15) is 12.6 Å². The number of likely N-dealkylation sites (tertiary alicyclic amines) is 1. The van der Waals surface area contributed by atoms with Crippen molar-refractivity contribution in [1.82, 2.24) is 4.90 Å². The first kappa shape index (κ1) is 15.3. The van der Waals surface area contributed by atoms with Crippen LogP contribution in [0.3, 0.4) is 0 Å². The average Bonchev–Trinajstić information content (AvgIpc) is 2.58. The Balaban J connectivity index is 2.59. The van der Waals surface area contributed by atoms with Crippen LogP contribution in [-0.4, -0.2) is 41.0 Å². The molecule has 0 radical (unpaired) electrons. The van der Waals surface area contributed by atoms with Crippen LogP contribution >= 0.6 is 12.6 Å². The monoisotopic (exact) mass is 259 g/mol. The molecule has 1 rings (SSSR count). The highest BCUT2D eigenvalue weighted by Crippen LogP contribution is 2.34. The topological polar surface area (TPSA) is 23.5 Å². The summed E-state index contributed by atoms with van der Waals surface area (Å²) in [5, 5.41) is 10.0. The smallest absolute Gasteiger partial charge is 0.0758 e. The maximum absolute atomic E-state index is 10.0. The Hall–Kier alpha value is 0.270. The molecule has 1 heterocycles. The van der Waals surface area contributed by atoms with Gasteiger partial charge in [-0.25, -0.2) is 0 Å². The zero-order chi connectivity index (χ0) is 12.9. The van der Waals surface area contributed by atoms with Gasteiger partial charge in [-0.1, -0.05) is 26.7 Å². The first-order chi connectivity index (χ1) is 7.97. The molecule has 1 unspecified atom stereocenters. The van der Waals surface area contributed by atoms with Crippen molar-refractivity contribution in [3.8, 4) is 0 Å². The molecule has 17 heavy (non-hydrogen) atoms. The molecule has 0 saturated carbocycles. The average molecular weight is 259 g/mol. The van der Waals surface area contributed by atoms with Gasteiger partial charge in [0.05, 0.1) is 5.60 Å². The highest BCUT2D eigenvalue weighted by atomic mass is 32.1. The summed E-state index contributed by atoms with van der Waals surface area (Å²) >= 11 is 4.60. The Morgan fingerprint density at radius 3 is 2.24 bits per heavy atom. The van der Waals surface area contributed by atoms with Gasteiger partial charge in [-0.05, 0) is 37.4 Å². The van der Waals surface area contributed by atoms with E-state index < -0.39 is 5.60 Å². The maximum Gasteiger partial charge on any atom is 0.0758 e. The first-order valence-corrected chi connectivity index (χ1v) is 7.66. The molecular formula is C14H29NOS. The van der Waals surface area contributed by atoms with Gasteiger partial charge in [0.15, 0.2) is 0 Å². The van der Waals surface area contributed by atoms with E-state index in [4.69, 9.17) is 0 Å². The molecule has 3 heteroatoms. The van der Waals surface area contributed by atoms with E-state index in [0.29, 0.717) is 5.41 Å². The Kier molecular flexibility index (Phi) is 5.81. The number of hydrogen-bond acceptors (Lipinski definition) is 3. The predicted molar refractivity (Wildman–Crippen MR) is 77.8 cm³/mol. The van der Waals surface area contributed by atoms with Crippen molar-refractivity contribution in [2.24, 2.45) is 5.41 Å². The third-order valence-electron chi connectivity index (χ3n) is 3.99. The molecule has 0 aromatic rings. The molecule has 0 aromatic carbocycles. The summed E-state index contributed by atoms with van der Waals surface area (Å²) < 4.78 is 0. The summed E-state index contributed by atoms with van der Waals surface area (Å²) in [5.41, 5.74) is -0.117. The minimum atomic E-state index is -0.471. The van der Waals surface area contributed by atoms with Crippen molar-refractivity contribution in [2.75, 3.05) is 25.4 Å². The first-order valence-electron chi connectivity index (χ1n) is 7.02. The summed E-state index contributed by atoms with van der Waals surface area (Å²) in [7, 11) is 0. The van der Waals surface area contributed by atoms with E-state index in [0.717, 1.165) is 31.8 Å². The molecule has 1 fully saturated rings. The van der Waals surface area contributed by atoms with Gasteiger partial charge in [0.1, 0.15) is 0 Å². The Labute approximate surface area is 112 Å². The largest absolute Gasteiger partial charge is 0.389 e. The second-order valence-corrected chi connectivity index (χ2v) is 6.43. The summed E-state index contributed by atoms with van der Waals surface area (Å²) in [5.74, 6) is 0.966. The molecule has 0 aromatic heterocycles. The van der Waals surface area contributed by atoms with E-state index in [-0.39, 0.29) is 0 Å². The van der Waals surface area contributed by atoms with Gasteiger partial charge in [0.25, 0.3) is 0 Å². The number of aliphatic hydroxyl groups is 1. The molecule has 1 atom stereocenters. The number of hydrogen-bond donors (Lipinski definition) is 2. The van der Waals surface area contributed by atoms with Gasteiger partial charge in [0, 0.05) is 19.6 Å². The van der Waals surface area contributed by atoms with Crippen LogP contribution in [0.2, 0.25) is 0 Å². The molecular weight excluding hydrogens is 230 g/mol. The summed E-state index contributed by atoms with van der Waals surface area (Å²) in [6, 6.07) is 0. The molecule has 0 bridgehead atoms. The third-order valence-corrected chi connectivity index (χ3v) is 4.66. The SMILES string of the molecule is CCCC(CS)(CCC)CN1CCC(C)(O)C1. The third kappa shape index (κ3) is 4.46. The lowest BCUT2D eigenvalue weighted by Gasteiger charge is -2.36. The summed E-state index contributed by atoms with van der Waals surface area (Å²) in [6.45, 7) is 9.44. The van der Waals surface area contributed by atoms with Gasteiger partial charge < -0.3 is 5.11 Å². The fraction of sp³-hybridized carbons (Fsp3) is 1.00. The minimum absolute atomic E-state index is 0.354. The van der Waals surface area contributed by atoms with Crippen molar-refractivity contribution in [2.45, 2.75) is 58.5 Å². The summed E-state index contributed by atoms with van der Waals surface area (Å²) in [6.07, 6.45) is 5.87. The second-order valence-electron chi connectivity index (χ2n) is 6.12. The van der Waals surface area contributed by atoms with E-state index in [1.807, 2.05) is 6.92 Å². The number of rotatable bonds is 7. The van der Waals surface area contributed by atoms with Crippen LogP contribution in [0.25, 0.3) is 0 Å². The van der Waals surface area contributed by atoms with E-state index in [1.54, 1.807) is 0 Å². The Bertz CT molecular complexity index is 224. The summed E-state index contributed by atoms with van der Waals surface area (Å²) in [4.78, 5) is 2.43. The van der Waals surface area contributed by atoms with Crippen LogP contribution in [0.1, 0.15) is 52.9 Å². The Morgan fingerprint density at radius 1 is 1.29 bits per heavy atom. The maximum atomic E-state index is 10.0. The molecule has 0 amide bonds.